The molecule has 1 aromatic carbocycles. The minimum atomic E-state index is -3.09. The van der Waals surface area contributed by atoms with E-state index in [9.17, 15) is 9.59 Å². The van der Waals surface area contributed by atoms with E-state index in [1.165, 1.54) is 0 Å². The van der Waals surface area contributed by atoms with Crippen LogP contribution in [-0.2, 0) is 8.85 Å². The molecule has 178 valence electrons. The van der Waals surface area contributed by atoms with Gasteiger partial charge >= 0.3 is 29.1 Å². The first kappa shape index (κ1) is 24.8. The lowest BCUT2D eigenvalue weighted by Gasteiger charge is -2.51. The van der Waals surface area contributed by atoms with Crippen LogP contribution in [0.5, 0.6) is 11.5 Å². The van der Waals surface area contributed by atoms with Crippen molar-refractivity contribution in [3.05, 3.63) is 23.3 Å². The standard InChI is InChI=1S/C24H38O6Si2/c1-21(2,3)31(22(4,5)6)27-17-13-16-18(14-15(17)19(25)29-31)28-32(23(7,8)9,24(10,11)12)30-20(16)26/h13-14H,1-12H3. The molecule has 0 saturated carbocycles. The second kappa shape index (κ2) is 6.85. The van der Waals surface area contributed by atoms with E-state index in [1.54, 1.807) is 12.1 Å². The fourth-order valence-electron chi connectivity index (χ4n) is 5.25. The summed E-state index contributed by atoms with van der Waals surface area (Å²) in [5.74, 6) is -0.103. The molecule has 0 spiro atoms. The predicted molar refractivity (Wildman–Crippen MR) is 129 cm³/mol. The topological polar surface area (TPSA) is 71.1 Å². The second-order valence-electron chi connectivity index (χ2n) is 13.1. The smallest absolute Gasteiger partial charge is 0.473 e. The van der Waals surface area contributed by atoms with Gasteiger partial charge in [-0.15, -0.1) is 0 Å². The van der Waals surface area contributed by atoms with E-state index < -0.39 is 29.1 Å². The molecular formula is C24H38O6Si2. The molecule has 8 heteroatoms. The highest BCUT2D eigenvalue weighted by Gasteiger charge is 2.67. The molecule has 2 aliphatic rings. The first-order chi connectivity index (χ1) is 14.2. The fraction of sp³-hybridized carbons (Fsp3) is 0.667. The second-order valence-corrected chi connectivity index (χ2v) is 22.3. The number of hydrogen-bond donors (Lipinski definition) is 0. The van der Waals surface area contributed by atoms with E-state index in [0.717, 1.165) is 0 Å². The van der Waals surface area contributed by atoms with Crippen molar-refractivity contribution in [3.8, 4) is 11.5 Å². The normalized spacial score (nSPS) is 20.2. The average Bonchev–Trinajstić information content (AvgIpc) is 2.56. The molecule has 0 aliphatic carbocycles. The van der Waals surface area contributed by atoms with Gasteiger partial charge in [-0.2, -0.15) is 0 Å². The maximum atomic E-state index is 13.3. The maximum absolute atomic E-state index is 13.3. The lowest BCUT2D eigenvalue weighted by atomic mass is 10.1. The van der Waals surface area contributed by atoms with Gasteiger partial charge in [-0.3, -0.25) is 0 Å². The molecule has 0 atom stereocenters. The first-order valence-corrected chi connectivity index (χ1v) is 14.8. The Balaban J connectivity index is 2.20. The molecule has 6 nitrogen and oxygen atoms in total. The van der Waals surface area contributed by atoms with E-state index >= 15 is 0 Å². The summed E-state index contributed by atoms with van der Waals surface area (Å²) in [6, 6.07) is 3.21. The Morgan fingerprint density at radius 2 is 0.750 bits per heavy atom. The first-order valence-electron chi connectivity index (χ1n) is 11.2. The van der Waals surface area contributed by atoms with E-state index in [-0.39, 0.29) is 20.2 Å². The highest BCUT2D eigenvalue weighted by Crippen LogP contribution is 2.57. The van der Waals surface area contributed by atoms with Crippen LogP contribution in [0.15, 0.2) is 12.1 Å². The van der Waals surface area contributed by atoms with Gasteiger partial charge in [0.1, 0.15) is 22.6 Å². The van der Waals surface area contributed by atoms with Crippen LogP contribution < -0.4 is 8.85 Å². The van der Waals surface area contributed by atoms with Gasteiger partial charge in [0.2, 0.25) is 0 Å². The zero-order chi connectivity index (χ0) is 24.7. The van der Waals surface area contributed by atoms with E-state index in [2.05, 4.69) is 0 Å². The number of carbonyl (C=O) groups excluding carboxylic acids is 2. The molecule has 32 heavy (non-hydrogen) atoms. The third kappa shape index (κ3) is 3.41. The van der Waals surface area contributed by atoms with Crippen molar-refractivity contribution in [2.24, 2.45) is 0 Å². The molecule has 3 rings (SSSR count). The van der Waals surface area contributed by atoms with Gasteiger partial charge < -0.3 is 17.7 Å². The van der Waals surface area contributed by atoms with Gasteiger partial charge in [0.25, 0.3) is 0 Å². The van der Waals surface area contributed by atoms with Crippen molar-refractivity contribution in [1.82, 2.24) is 0 Å². The van der Waals surface area contributed by atoms with Crippen LogP contribution >= 0.6 is 0 Å². The number of benzene rings is 1. The van der Waals surface area contributed by atoms with Gasteiger partial charge in [-0.25, -0.2) is 9.59 Å². The minimum absolute atomic E-state index is 0.292. The molecule has 2 aliphatic heterocycles. The number of fused-ring (bicyclic) bond motifs is 2. The van der Waals surface area contributed by atoms with Crippen molar-refractivity contribution in [1.29, 1.82) is 0 Å². The Kier molecular flexibility index (Phi) is 5.32. The summed E-state index contributed by atoms with van der Waals surface area (Å²) in [6.07, 6.45) is 0. The minimum Gasteiger partial charge on any atom is -0.510 e. The van der Waals surface area contributed by atoms with Crippen LogP contribution in [0.1, 0.15) is 104 Å². The summed E-state index contributed by atoms with van der Waals surface area (Å²) in [5, 5.41) is -1.53. The van der Waals surface area contributed by atoms with Gasteiger partial charge in [-0.05, 0) is 12.1 Å². The number of carbonyl (C=O) groups is 2. The van der Waals surface area contributed by atoms with Crippen LogP contribution in [0.2, 0.25) is 20.2 Å². The molecule has 0 fully saturated rings. The van der Waals surface area contributed by atoms with E-state index in [4.69, 9.17) is 17.7 Å². The Hall–Kier alpha value is -1.81. The fourth-order valence-corrected chi connectivity index (χ4v) is 14.0. The predicted octanol–water partition coefficient (Wildman–Crippen LogP) is 6.87. The summed E-state index contributed by atoms with van der Waals surface area (Å²) in [4.78, 5) is 26.6. The van der Waals surface area contributed by atoms with Crippen LogP contribution in [0.25, 0.3) is 0 Å². The monoisotopic (exact) mass is 478 g/mol. The Morgan fingerprint density at radius 3 is 0.969 bits per heavy atom. The summed E-state index contributed by atoms with van der Waals surface area (Å²) in [5.41, 5.74) is 0.585. The zero-order valence-corrected chi connectivity index (χ0v) is 23.6. The van der Waals surface area contributed by atoms with Crippen molar-refractivity contribution >= 4 is 29.1 Å². The maximum Gasteiger partial charge on any atom is 0.473 e. The number of hydrogen-bond acceptors (Lipinski definition) is 6. The van der Waals surface area contributed by atoms with Crippen LogP contribution in [0.3, 0.4) is 0 Å². The average molecular weight is 479 g/mol. The van der Waals surface area contributed by atoms with Crippen molar-refractivity contribution in [2.75, 3.05) is 0 Å². The lowest BCUT2D eigenvalue weighted by Crippen LogP contribution is -2.63. The van der Waals surface area contributed by atoms with Crippen molar-refractivity contribution in [2.45, 2.75) is 103 Å². The molecule has 0 unspecified atom stereocenters. The molecule has 0 radical (unpaired) electrons. The molecule has 0 aromatic heterocycles. The quantitative estimate of drug-likeness (QED) is 0.379. The number of rotatable bonds is 0. The molecular weight excluding hydrogens is 440 g/mol. The molecule has 0 bridgehead atoms. The Morgan fingerprint density at radius 1 is 0.500 bits per heavy atom. The van der Waals surface area contributed by atoms with Crippen molar-refractivity contribution in [3.63, 3.8) is 0 Å². The SMILES string of the molecule is CC(C)(C)[Si]1(C(C)(C)C)OC(=O)c2cc3c(cc2O1)C(=O)O[Si](C(C)(C)C)(C(C)(C)C)O3. The lowest BCUT2D eigenvalue weighted by molar-refractivity contribution is 0.0576. The third-order valence-corrected chi connectivity index (χ3v) is 16.3. The highest BCUT2D eigenvalue weighted by molar-refractivity contribution is 6.77. The molecule has 0 N–H and O–H groups in total. The summed E-state index contributed by atoms with van der Waals surface area (Å²) in [7, 11) is -6.18. The van der Waals surface area contributed by atoms with Crippen molar-refractivity contribution < 1.29 is 27.3 Å². The van der Waals surface area contributed by atoms with Gasteiger partial charge in [0.15, 0.2) is 0 Å². The third-order valence-electron chi connectivity index (χ3n) is 6.45. The van der Waals surface area contributed by atoms with Gasteiger partial charge in [0, 0.05) is 20.2 Å². The van der Waals surface area contributed by atoms with Gasteiger partial charge in [-0.1, -0.05) is 83.1 Å². The molecule has 1 aromatic rings. The Labute approximate surface area is 194 Å². The van der Waals surface area contributed by atoms with Crippen LogP contribution in [0, 0.1) is 0 Å². The molecule has 0 saturated heterocycles. The summed E-state index contributed by atoms with van der Waals surface area (Å²) in [6.45, 7) is 24.4. The Bertz CT molecular complexity index is 863. The zero-order valence-electron chi connectivity index (χ0n) is 21.6. The summed E-state index contributed by atoms with van der Waals surface area (Å²) < 4.78 is 25.4. The van der Waals surface area contributed by atoms with E-state index in [1.807, 2.05) is 83.1 Å². The van der Waals surface area contributed by atoms with Gasteiger partial charge in [0.05, 0.1) is 0 Å². The molecule has 2 heterocycles. The summed E-state index contributed by atoms with van der Waals surface area (Å²) >= 11 is 0. The van der Waals surface area contributed by atoms with E-state index in [0.29, 0.717) is 22.6 Å². The molecule has 0 amide bonds. The van der Waals surface area contributed by atoms with Crippen LogP contribution in [0.4, 0.5) is 0 Å². The largest absolute Gasteiger partial charge is 0.510 e. The highest BCUT2D eigenvalue weighted by atomic mass is 28.4. The van der Waals surface area contributed by atoms with Crippen LogP contribution in [-0.4, -0.2) is 29.1 Å².